The van der Waals surface area contributed by atoms with Crippen molar-refractivity contribution in [1.29, 1.82) is 0 Å². The van der Waals surface area contributed by atoms with Gasteiger partial charge < -0.3 is 10.6 Å². The van der Waals surface area contributed by atoms with Gasteiger partial charge in [0.15, 0.2) is 5.65 Å². The minimum absolute atomic E-state index is 0.0132. The van der Waals surface area contributed by atoms with Crippen molar-refractivity contribution in [1.82, 2.24) is 20.1 Å². The van der Waals surface area contributed by atoms with E-state index in [1.165, 1.54) is 6.42 Å². The van der Waals surface area contributed by atoms with E-state index in [0.29, 0.717) is 11.8 Å². The number of nitrogens with one attached hydrogen (secondary N) is 2. The molecule has 0 radical (unpaired) electrons. The van der Waals surface area contributed by atoms with Gasteiger partial charge in [0, 0.05) is 24.9 Å². The average molecular weight is 381 g/mol. The highest BCUT2D eigenvalue weighted by Gasteiger charge is 2.60. The molecule has 0 saturated heterocycles. The number of hydrogen-bond acceptors (Lipinski definition) is 4. The molecule has 2 heterocycles. The fraction of sp³-hybridized carbons (Fsp3) is 0.619. The highest BCUT2D eigenvalue weighted by atomic mass is 16.2. The van der Waals surface area contributed by atoms with Crippen LogP contribution in [0.5, 0.6) is 0 Å². The quantitative estimate of drug-likeness (QED) is 0.855. The van der Waals surface area contributed by atoms with Crippen LogP contribution in [0.15, 0.2) is 12.3 Å². The van der Waals surface area contributed by atoms with Gasteiger partial charge in [-0.05, 0) is 63.4 Å². The third-order valence-corrected chi connectivity index (χ3v) is 7.10. The summed E-state index contributed by atoms with van der Waals surface area (Å²) in [4.78, 5) is 29.8. The lowest BCUT2D eigenvalue weighted by molar-refractivity contribution is -0.148. The zero-order valence-corrected chi connectivity index (χ0v) is 16.7. The molecule has 6 rings (SSSR count). The van der Waals surface area contributed by atoms with Crippen molar-refractivity contribution in [3.63, 3.8) is 0 Å². The zero-order chi connectivity index (χ0) is 19.7. The van der Waals surface area contributed by atoms with Gasteiger partial charge in [0.1, 0.15) is 0 Å². The first-order chi connectivity index (χ1) is 13.3. The van der Waals surface area contributed by atoms with Crippen molar-refractivity contribution in [2.75, 3.05) is 5.32 Å². The van der Waals surface area contributed by atoms with E-state index in [1.54, 1.807) is 17.8 Å². The summed E-state index contributed by atoms with van der Waals surface area (Å²) < 4.78 is 1.76. The van der Waals surface area contributed by atoms with Crippen LogP contribution in [0.4, 0.5) is 5.69 Å². The first-order valence-corrected chi connectivity index (χ1v) is 10.2. The number of aryl methyl sites for hydroxylation is 2. The molecule has 2 amide bonds. The second-order valence-corrected chi connectivity index (χ2v) is 9.46. The molecule has 148 valence electrons. The van der Waals surface area contributed by atoms with Gasteiger partial charge in [-0.1, -0.05) is 0 Å². The normalized spacial score (nSPS) is 33.2. The molecule has 0 spiro atoms. The fourth-order valence-corrected chi connectivity index (χ4v) is 6.69. The van der Waals surface area contributed by atoms with Gasteiger partial charge in [-0.2, -0.15) is 5.10 Å². The van der Waals surface area contributed by atoms with Crippen LogP contribution in [0.25, 0.3) is 11.0 Å². The summed E-state index contributed by atoms with van der Waals surface area (Å²) in [5, 5.41) is 11.7. The predicted octanol–water partition coefficient (Wildman–Crippen LogP) is 2.69. The van der Waals surface area contributed by atoms with Crippen LogP contribution in [0.1, 0.15) is 51.1 Å². The Bertz CT molecular complexity index is 980. The van der Waals surface area contributed by atoms with Gasteiger partial charge in [0.2, 0.25) is 11.8 Å². The number of aromatic nitrogens is 3. The summed E-state index contributed by atoms with van der Waals surface area (Å²) in [6, 6.07) is 1.96. The standard InChI is InChI=1S/C21H27N5O2/c1-12-17-5-16(10-22-18(17)26(3)25-12)23-19(28)20-6-14-4-15(7-20)9-21(8-14,11-20)24-13(2)27/h5,10,14-15H,4,6-9,11H2,1-3H3,(H,23,28)(H,24,27). The number of hydrogen-bond donors (Lipinski definition) is 2. The number of pyridine rings is 1. The first-order valence-electron chi connectivity index (χ1n) is 10.2. The molecule has 4 fully saturated rings. The van der Waals surface area contributed by atoms with Crippen molar-refractivity contribution in [2.24, 2.45) is 24.3 Å². The lowest BCUT2D eigenvalue weighted by atomic mass is 9.46. The van der Waals surface area contributed by atoms with Gasteiger partial charge in [-0.3, -0.25) is 14.3 Å². The van der Waals surface area contributed by atoms with Gasteiger partial charge in [-0.15, -0.1) is 0 Å². The van der Waals surface area contributed by atoms with Crippen LogP contribution in [0.2, 0.25) is 0 Å². The molecule has 2 N–H and O–H groups in total. The second-order valence-electron chi connectivity index (χ2n) is 9.46. The van der Waals surface area contributed by atoms with Gasteiger partial charge >= 0.3 is 0 Å². The molecule has 2 aromatic heterocycles. The summed E-state index contributed by atoms with van der Waals surface area (Å²) in [5.41, 5.74) is 1.86. The van der Waals surface area contributed by atoms with E-state index in [4.69, 9.17) is 0 Å². The molecule has 4 aliphatic carbocycles. The van der Waals surface area contributed by atoms with Crippen molar-refractivity contribution in [3.05, 3.63) is 18.0 Å². The van der Waals surface area contributed by atoms with Crippen LogP contribution in [0.3, 0.4) is 0 Å². The Labute approximate surface area is 164 Å². The van der Waals surface area contributed by atoms with Gasteiger partial charge in [0.25, 0.3) is 0 Å². The molecule has 28 heavy (non-hydrogen) atoms. The van der Waals surface area contributed by atoms with Crippen LogP contribution in [0, 0.1) is 24.2 Å². The Balaban J connectivity index is 1.43. The fourth-order valence-electron chi connectivity index (χ4n) is 6.69. The molecule has 7 heteroatoms. The van der Waals surface area contributed by atoms with Crippen molar-refractivity contribution >= 4 is 28.5 Å². The topological polar surface area (TPSA) is 88.9 Å². The van der Waals surface area contributed by atoms with E-state index in [9.17, 15) is 9.59 Å². The highest BCUT2D eigenvalue weighted by molar-refractivity contribution is 5.97. The van der Waals surface area contributed by atoms with Crippen LogP contribution >= 0.6 is 0 Å². The molecule has 0 aliphatic heterocycles. The lowest BCUT2D eigenvalue weighted by Crippen LogP contribution is -2.65. The Morgan fingerprint density at radius 2 is 1.93 bits per heavy atom. The van der Waals surface area contributed by atoms with Gasteiger partial charge in [0.05, 0.1) is 23.0 Å². The molecule has 0 aromatic carbocycles. The van der Waals surface area contributed by atoms with E-state index in [0.717, 1.165) is 54.5 Å². The smallest absolute Gasteiger partial charge is 0.230 e. The zero-order valence-electron chi connectivity index (χ0n) is 16.7. The Kier molecular flexibility index (Phi) is 3.64. The molecule has 4 aliphatic rings. The maximum atomic E-state index is 13.4. The van der Waals surface area contributed by atoms with E-state index >= 15 is 0 Å². The molecule has 2 unspecified atom stereocenters. The van der Waals surface area contributed by atoms with Crippen molar-refractivity contribution in [3.8, 4) is 0 Å². The minimum atomic E-state index is -0.383. The summed E-state index contributed by atoms with van der Waals surface area (Å²) in [6.07, 6.45) is 7.54. The Hall–Kier alpha value is -2.44. The van der Waals surface area contributed by atoms with Crippen molar-refractivity contribution < 1.29 is 9.59 Å². The number of rotatable bonds is 3. The van der Waals surface area contributed by atoms with Crippen LogP contribution in [-0.2, 0) is 16.6 Å². The number of fused-ring (bicyclic) bond motifs is 1. The number of carbonyl (C=O) groups excluding carboxylic acids is 2. The summed E-state index contributed by atoms with van der Waals surface area (Å²) in [5.74, 6) is 1.15. The molecule has 4 bridgehead atoms. The van der Waals surface area contributed by atoms with E-state index in [1.807, 2.05) is 20.0 Å². The Morgan fingerprint density at radius 1 is 1.21 bits per heavy atom. The molecule has 4 saturated carbocycles. The molecule has 7 nitrogen and oxygen atoms in total. The number of carbonyl (C=O) groups is 2. The molecular weight excluding hydrogens is 354 g/mol. The largest absolute Gasteiger partial charge is 0.351 e. The third kappa shape index (κ3) is 2.63. The predicted molar refractivity (Wildman–Crippen MR) is 106 cm³/mol. The molecule has 2 aromatic rings. The minimum Gasteiger partial charge on any atom is -0.351 e. The van der Waals surface area contributed by atoms with E-state index in [2.05, 4.69) is 20.7 Å². The maximum absolute atomic E-state index is 13.4. The third-order valence-electron chi connectivity index (χ3n) is 7.10. The first kappa shape index (κ1) is 17.6. The number of amides is 2. The van der Waals surface area contributed by atoms with E-state index < -0.39 is 0 Å². The molecular formula is C21H27N5O2. The average Bonchev–Trinajstić information content (AvgIpc) is 2.86. The van der Waals surface area contributed by atoms with E-state index in [-0.39, 0.29) is 22.8 Å². The van der Waals surface area contributed by atoms with Crippen LogP contribution < -0.4 is 10.6 Å². The summed E-state index contributed by atoms with van der Waals surface area (Å²) >= 11 is 0. The highest BCUT2D eigenvalue weighted by Crippen LogP contribution is 2.61. The maximum Gasteiger partial charge on any atom is 0.230 e. The number of anilines is 1. The second kappa shape index (κ2) is 5.78. The van der Waals surface area contributed by atoms with Gasteiger partial charge in [-0.25, -0.2) is 4.98 Å². The number of nitrogens with zero attached hydrogens (tertiary/aromatic N) is 3. The summed E-state index contributed by atoms with van der Waals surface area (Å²) in [7, 11) is 1.87. The summed E-state index contributed by atoms with van der Waals surface area (Å²) in [6.45, 7) is 3.54. The molecule has 2 atom stereocenters. The van der Waals surface area contributed by atoms with Crippen LogP contribution in [-0.4, -0.2) is 32.1 Å². The lowest BCUT2D eigenvalue weighted by Gasteiger charge is -2.61. The SMILES string of the molecule is CC(=O)NC12CC3CC(C1)CC(C(=O)Nc1cnc4c(c1)c(C)nn4C)(C3)C2. The van der Waals surface area contributed by atoms with Crippen molar-refractivity contribution in [2.45, 2.75) is 57.9 Å². The monoisotopic (exact) mass is 381 g/mol. The Morgan fingerprint density at radius 3 is 2.61 bits per heavy atom.